The van der Waals surface area contributed by atoms with Gasteiger partial charge in [-0.2, -0.15) is 0 Å². The molecule has 4 rings (SSSR count). The van der Waals surface area contributed by atoms with Gasteiger partial charge in [0.25, 0.3) is 5.91 Å². The van der Waals surface area contributed by atoms with Gasteiger partial charge in [-0.1, -0.05) is 11.6 Å². The van der Waals surface area contributed by atoms with Crippen LogP contribution in [0.4, 0.5) is 5.69 Å². The molecule has 0 bridgehead atoms. The minimum absolute atomic E-state index is 0.223. The molecule has 0 spiro atoms. The average molecular weight is 347 g/mol. The van der Waals surface area contributed by atoms with Crippen LogP contribution in [-0.4, -0.2) is 24.1 Å². The van der Waals surface area contributed by atoms with Gasteiger partial charge >= 0.3 is 0 Å². The maximum atomic E-state index is 12.5. The summed E-state index contributed by atoms with van der Waals surface area (Å²) < 4.78 is 11.8. The predicted molar refractivity (Wildman–Crippen MR) is 90.0 cm³/mol. The highest BCUT2D eigenvalue weighted by Crippen LogP contribution is 2.33. The molecule has 3 aromatic rings. The predicted octanol–water partition coefficient (Wildman–Crippen LogP) is 3.97. The van der Waals surface area contributed by atoms with Crippen LogP contribution >= 0.6 is 22.9 Å². The van der Waals surface area contributed by atoms with E-state index in [1.807, 2.05) is 0 Å². The summed E-state index contributed by atoms with van der Waals surface area (Å²) in [6, 6.07) is 8.64. The number of amides is 1. The Kier molecular flexibility index (Phi) is 3.55. The summed E-state index contributed by atoms with van der Waals surface area (Å²) in [6.45, 7) is 1.00. The maximum Gasteiger partial charge on any atom is 0.255 e. The van der Waals surface area contributed by atoms with Crippen molar-refractivity contribution in [3.63, 3.8) is 0 Å². The molecule has 0 atom stereocenters. The quantitative estimate of drug-likeness (QED) is 0.762. The summed E-state index contributed by atoms with van der Waals surface area (Å²) in [6.07, 6.45) is 0. The van der Waals surface area contributed by atoms with Gasteiger partial charge in [0, 0.05) is 5.56 Å². The van der Waals surface area contributed by atoms with Crippen molar-refractivity contribution in [2.24, 2.45) is 0 Å². The summed E-state index contributed by atoms with van der Waals surface area (Å²) in [7, 11) is 0. The van der Waals surface area contributed by atoms with E-state index in [0.29, 0.717) is 46.5 Å². The van der Waals surface area contributed by atoms with Gasteiger partial charge in [-0.15, -0.1) is 11.3 Å². The molecule has 7 heteroatoms. The second kappa shape index (κ2) is 5.72. The number of hydrogen-bond donors (Lipinski definition) is 1. The summed E-state index contributed by atoms with van der Waals surface area (Å²) in [4.78, 5) is 16.7. The number of benzene rings is 2. The minimum atomic E-state index is -0.223. The number of aromatic nitrogens is 1. The van der Waals surface area contributed by atoms with Crippen molar-refractivity contribution >= 4 is 44.7 Å². The van der Waals surface area contributed by atoms with Crippen molar-refractivity contribution in [3.05, 3.63) is 46.4 Å². The molecule has 0 aliphatic carbocycles. The van der Waals surface area contributed by atoms with Crippen LogP contribution in [0.1, 0.15) is 10.4 Å². The van der Waals surface area contributed by atoms with Crippen LogP contribution in [0.3, 0.4) is 0 Å². The first kappa shape index (κ1) is 14.3. The van der Waals surface area contributed by atoms with Crippen molar-refractivity contribution < 1.29 is 14.3 Å². The Balaban J connectivity index is 1.64. The minimum Gasteiger partial charge on any atom is -0.486 e. The molecular formula is C16H11ClN2O3S. The number of fused-ring (bicyclic) bond motifs is 2. The van der Waals surface area contributed by atoms with Gasteiger partial charge in [0.2, 0.25) is 0 Å². The lowest BCUT2D eigenvalue weighted by Crippen LogP contribution is -2.17. The van der Waals surface area contributed by atoms with E-state index in [0.717, 1.165) is 4.70 Å². The number of thiazole rings is 1. The number of carbonyl (C=O) groups is 1. The number of hydrogen-bond acceptors (Lipinski definition) is 5. The molecule has 0 saturated heterocycles. The van der Waals surface area contributed by atoms with E-state index >= 15 is 0 Å². The molecule has 23 heavy (non-hydrogen) atoms. The van der Waals surface area contributed by atoms with Gasteiger partial charge in [-0.05, 0) is 30.3 Å². The molecule has 2 aromatic carbocycles. The first-order valence-corrected chi connectivity index (χ1v) is 8.21. The molecule has 0 saturated carbocycles. The van der Waals surface area contributed by atoms with Crippen LogP contribution in [-0.2, 0) is 0 Å². The summed E-state index contributed by atoms with van der Waals surface area (Å²) >= 11 is 7.54. The fourth-order valence-corrected chi connectivity index (χ4v) is 3.44. The number of nitrogens with zero attached hydrogens (tertiary/aromatic N) is 1. The van der Waals surface area contributed by atoms with Crippen molar-refractivity contribution in [1.29, 1.82) is 0 Å². The number of ether oxygens (including phenoxy) is 2. The fraction of sp³-hybridized carbons (Fsp3) is 0.125. The summed E-state index contributed by atoms with van der Waals surface area (Å²) in [5.74, 6) is 1.02. The normalized spacial score (nSPS) is 13.1. The Morgan fingerprint density at radius 1 is 1.17 bits per heavy atom. The van der Waals surface area contributed by atoms with E-state index < -0.39 is 0 Å². The van der Waals surface area contributed by atoms with Gasteiger partial charge < -0.3 is 14.8 Å². The number of halogens is 1. The Morgan fingerprint density at radius 2 is 2.00 bits per heavy atom. The summed E-state index contributed by atoms with van der Waals surface area (Å²) in [5, 5.41) is 3.47. The number of rotatable bonds is 2. The first-order chi connectivity index (χ1) is 11.2. The molecule has 0 fully saturated rings. The van der Waals surface area contributed by atoms with E-state index in [4.69, 9.17) is 21.1 Å². The monoisotopic (exact) mass is 346 g/mol. The Hall–Kier alpha value is -2.31. The standard InChI is InChI=1S/C16H11ClN2O3S/c17-10-2-3-11(15-14(10)18-8-23-15)19-16(20)9-1-4-12-13(7-9)22-6-5-21-12/h1-4,7-8H,5-6H2,(H,19,20). The first-order valence-electron chi connectivity index (χ1n) is 6.95. The van der Waals surface area contributed by atoms with Crippen LogP contribution < -0.4 is 14.8 Å². The molecule has 0 unspecified atom stereocenters. The zero-order valence-corrected chi connectivity index (χ0v) is 13.4. The van der Waals surface area contributed by atoms with Gasteiger partial charge in [0.1, 0.15) is 18.7 Å². The topological polar surface area (TPSA) is 60.5 Å². The smallest absolute Gasteiger partial charge is 0.255 e. The van der Waals surface area contributed by atoms with Crippen molar-refractivity contribution in [1.82, 2.24) is 4.98 Å². The Morgan fingerprint density at radius 3 is 2.87 bits per heavy atom. The number of nitrogens with one attached hydrogen (secondary N) is 1. The third-order valence-electron chi connectivity index (χ3n) is 3.49. The van der Waals surface area contributed by atoms with Crippen LogP contribution in [0.15, 0.2) is 35.8 Å². The zero-order valence-electron chi connectivity index (χ0n) is 11.8. The van der Waals surface area contributed by atoms with Crippen LogP contribution in [0.25, 0.3) is 10.2 Å². The van der Waals surface area contributed by atoms with Gasteiger partial charge in [-0.3, -0.25) is 4.79 Å². The van der Waals surface area contributed by atoms with Crippen molar-refractivity contribution in [2.75, 3.05) is 18.5 Å². The van der Waals surface area contributed by atoms with Gasteiger partial charge in [-0.25, -0.2) is 4.98 Å². The Bertz CT molecular complexity index is 909. The van der Waals surface area contributed by atoms with Crippen LogP contribution in [0.5, 0.6) is 11.5 Å². The summed E-state index contributed by atoms with van der Waals surface area (Å²) in [5.41, 5.74) is 3.58. The molecular weight excluding hydrogens is 336 g/mol. The van der Waals surface area contributed by atoms with E-state index in [1.165, 1.54) is 11.3 Å². The second-order valence-electron chi connectivity index (χ2n) is 4.94. The zero-order chi connectivity index (χ0) is 15.8. The average Bonchev–Trinajstić information content (AvgIpc) is 3.08. The molecule has 5 nitrogen and oxygen atoms in total. The van der Waals surface area contributed by atoms with Crippen LogP contribution in [0.2, 0.25) is 5.02 Å². The molecule has 0 radical (unpaired) electrons. The lowest BCUT2D eigenvalue weighted by Gasteiger charge is -2.18. The maximum absolute atomic E-state index is 12.5. The highest BCUT2D eigenvalue weighted by Gasteiger charge is 2.16. The molecule has 1 amide bonds. The highest BCUT2D eigenvalue weighted by molar-refractivity contribution is 7.17. The van der Waals surface area contributed by atoms with Crippen molar-refractivity contribution in [2.45, 2.75) is 0 Å². The van der Waals surface area contributed by atoms with Crippen LogP contribution in [0, 0.1) is 0 Å². The third kappa shape index (κ3) is 2.60. The molecule has 1 aromatic heterocycles. The van der Waals surface area contributed by atoms with Gasteiger partial charge in [0.05, 0.1) is 20.9 Å². The fourth-order valence-electron chi connectivity index (χ4n) is 2.40. The second-order valence-corrected chi connectivity index (χ2v) is 6.20. The Labute approximate surface area is 140 Å². The van der Waals surface area contributed by atoms with E-state index in [2.05, 4.69) is 10.3 Å². The lowest BCUT2D eigenvalue weighted by molar-refractivity contribution is 0.102. The molecule has 2 heterocycles. The third-order valence-corrected chi connectivity index (χ3v) is 4.65. The molecule has 1 aliphatic heterocycles. The molecule has 1 N–H and O–H groups in total. The largest absolute Gasteiger partial charge is 0.486 e. The van der Waals surface area contributed by atoms with Gasteiger partial charge in [0.15, 0.2) is 11.5 Å². The number of carbonyl (C=O) groups excluding carboxylic acids is 1. The van der Waals surface area contributed by atoms with E-state index in [9.17, 15) is 4.79 Å². The number of anilines is 1. The molecule has 1 aliphatic rings. The lowest BCUT2D eigenvalue weighted by atomic mass is 10.1. The SMILES string of the molecule is O=C(Nc1ccc(Cl)c2ncsc12)c1ccc2c(c1)OCCO2. The van der Waals surface area contributed by atoms with E-state index in [1.54, 1.807) is 35.8 Å². The van der Waals surface area contributed by atoms with E-state index in [-0.39, 0.29) is 5.91 Å². The highest BCUT2D eigenvalue weighted by atomic mass is 35.5. The molecule has 116 valence electrons. The van der Waals surface area contributed by atoms with Crippen molar-refractivity contribution in [3.8, 4) is 11.5 Å².